The van der Waals surface area contributed by atoms with E-state index in [1.165, 1.54) is 0 Å². The molecule has 0 N–H and O–H groups in total. The zero-order chi connectivity index (χ0) is 15.3. The number of allylic oxidation sites excluding steroid dienone is 3. The normalized spacial score (nSPS) is 19.4. The van der Waals surface area contributed by atoms with E-state index in [1.807, 2.05) is 0 Å². The Balaban J connectivity index is 2.53. The summed E-state index contributed by atoms with van der Waals surface area (Å²) in [5, 5.41) is 0. The summed E-state index contributed by atoms with van der Waals surface area (Å²) < 4.78 is 79.2. The van der Waals surface area contributed by atoms with E-state index in [-0.39, 0.29) is 5.57 Å². The lowest BCUT2D eigenvalue weighted by Gasteiger charge is -2.19. The predicted octanol–water partition coefficient (Wildman–Crippen LogP) is 2.75. The van der Waals surface area contributed by atoms with Crippen LogP contribution in [0.4, 0.5) is 26.3 Å². The number of rotatable bonds is 0. The van der Waals surface area contributed by atoms with Crippen molar-refractivity contribution < 1.29 is 40.7 Å². The molecular weight excluding hydrogens is 294 g/mol. The first-order valence-corrected chi connectivity index (χ1v) is 5.07. The van der Waals surface area contributed by atoms with Crippen LogP contribution in [-0.4, -0.2) is 24.3 Å². The first-order valence-electron chi connectivity index (χ1n) is 5.07. The van der Waals surface area contributed by atoms with Gasteiger partial charge in [-0.25, -0.2) is 9.59 Å². The molecule has 0 radical (unpaired) electrons. The van der Waals surface area contributed by atoms with Crippen LogP contribution in [0.3, 0.4) is 0 Å². The third kappa shape index (κ3) is 2.35. The van der Waals surface area contributed by atoms with Gasteiger partial charge < -0.3 is 4.74 Å². The van der Waals surface area contributed by atoms with Crippen LogP contribution in [0.2, 0.25) is 0 Å². The molecule has 20 heavy (non-hydrogen) atoms. The van der Waals surface area contributed by atoms with Crippen LogP contribution in [0.1, 0.15) is 6.42 Å². The summed E-state index contributed by atoms with van der Waals surface area (Å²) in [4.78, 5) is 22.2. The lowest BCUT2D eigenvalue weighted by atomic mass is 9.91. The van der Waals surface area contributed by atoms with E-state index in [1.54, 1.807) is 0 Å². The smallest absolute Gasteiger partial charge is 0.386 e. The third-order valence-corrected chi connectivity index (χ3v) is 2.68. The lowest BCUT2D eigenvalue weighted by molar-refractivity contribution is -0.173. The molecule has 1 aliphatic carbocycles. The van der Waals surface area contributed by atoms with Crippen molar-refractivity contribution in [2.24, 2.45) is 0 Å². The minimum absolute atomic E-state index is 0.317. The molecule has 0 aromatic heterocycles. The molecule has 3 nitrogen and oxygen atoms in total. The van der Waals surface area contributed by atoms with Crippen molar-refractivity contribution in [3.63, 3.8) is 0 Å². The number of alkyl halides is 6. The largest absolute Gasteiger partial charge is 0.421 e. The summed E-state index contributed by atoms with van der Waals surface area (Å²) in [5.74, 6) is -2.31. The van der Waals surface area contributed by atoms with E-state index in [4.69, 9.17) is 0 Å². The van der Waals surface area contributed by atoms with Gasteiger partial charge in [-0.1, -0.05) is 6.08 Å². The van der Waals surface area contributed by atoms with E-state index in [9.17, 15) is 35.9 Å². The molecule has 1 heterocycles. The molecule has 0 aromatic carbocycles. The van der Waals surface area contributed by atoms with Crippen LogP contribution in [0.5, 0.6) is 0 Å². The quantitative estimate of drug-likeness (QED) is 0.392. The molecule has 108 valence electrons. The van der Waals surface area contributed by atoms with Crippen molar-refractivity contribution in [1.82, 2.24) is 0 Å². The van der Waals surface area contributed by atoms with Crippen molar-refractivity contribution in [3.05, 3.63) is 34.4 Å². The van der Waals surface area contributed by atoms with Gasteiger partial charge in [0.15, 0.2) is 0 Å². The summed E-state index contributed by atoms with van der Waals surface area (Å²) in [6, 6.07) is 0. The third-order valence-electron chi connectivity index (χ3n) is 2.68. The Kier molecular flexibility index (Phi) is 3.03. The Morgan fingerprint density at radius 2 is 1.50 bits per heavy atom. The van der Waals surface area contributed by atoms with Crippen LogP contribution >= 0.6 is 0 Å². The van der Waals surface area contributed by atoms with Crippen molar-refractivity contribution in [3.8, 4) is 0 Å². The van der Waals surface area contributed by atoms with Crippen molar-refractivity contribution >= 4 is 11.9 Å². The summed E-state index contributed by atoms with van der Waals surface area (Å²) in [6.07, 6.45) is -11.0. The van der Waals surface area contributed by atoms with Gasteiger partial charge in [0.25, 0.3) is 0 Å². The zero-order valence-corrected chi connectivity index (χ0v) is 9.35. The monoisotopic (exact) mass is 298 g/mol. The van der Waals surface area contributed by atoms with Gasteiger partial charge in [-0.15, -0.1) is 0 Å². The fourth-order valence-corrected chi connectivity index (χ4v) is 1.90. The van der Waals surface area contributed by atoms with Gasteiger partial charge in [0.1, 0.15) is 5.57 Å². The van der Waals surface area contributed by atoms with E-state index in [0.29, 0.717) is 6.08 Å². The molecule has 0 fully saturated rings. The maximum absolute atomic E-state index is 12.5. The number of carbonyl (C=O) groups excluding carboxylic acids is 2. The molecular formula is C11H4F6O3. The number of ether oxygens (including phenoxy) is 1. The van der Waals surface area contributed by atoms with Crippen molar-refractivity contribution in [2.75, 3.05) is 0 Å². The maximum atomic E-state index is 12.5. The maximum Gasteiger partial charge on any atom is 0.421 e. The SMILES string of the molecule is O=C1OC(=O)C2=C1C=CC(=C(C(F)(F)F)C(F)(F)F)C2. The van der Waals surface area contributed by atoms with E-state index >= 15 is 0 Å². The number of cyclic esters (lactones) is 2. The highest BCUT2D eigenvalue weighted by atomic mass is 19.4. The molecule has 0 amide bonds. The predicted molar refractivity (Wildman–Crippen MR) is 51.0 cm³/mol. The molecule has 0 saturated carbocycles. The van der Waals surface area contributed by atoms with Crippen LogP contribution in [-0.2, 0) is 14.3 Å². The molecule has 2 aliphatic rings. The van der Waals surface area contributed by atoms with E-state index in [0.717, 1.165) is 6.08 Å². The molecule has 0 spiro atoms. The number of hydrogen-bond acceptors (Lipinski definition) is 3. The highest BCUT2D eigenvalue weighted by molar-refractivity contribution is 6.14. The van der Waals surface area contributed by atoms with Gasteiger partial charge in [-0.3, -0.25) is 0 Å². The molecule has 0 saturated heterocycles. The number of hydrogen-bond donors (Lipinski definition) is 0. The summed E-state index contributed by atoms with van der Waals surface area (Å²) in [7, 11) is 0. The summed E-state index contributed by atoms with van der Waals surface area (Å²) in [5.41, 5.74) is -4.64. The fourth-order valence-electron chi connectivity index (χ4n) is 1.90. The van der Waals surface area contributed by atoms with Gasteiger partial charge in [-0.2, -0.15) is 26.3 Å². The van der Waals surface area contributed by atoms with Crippen molar-refractivity contribution in [1.29, 1.82) is 0 Å². The van der Waals surface area contributed by atoms with Crippen LogP contribution in [0.25, 0.3) is 0 Å². The Bertz CT molecular complexity index is 572. The van der Waals surface area contributed by atoms with Crippen LogP contribution in [0, 0.1) is 0 Å². The summed E-state index contributed by atoms with van der Waals surface area (Å²) in [6.45, 7) is 0. The Hall–Kier alpha value is -2.06. The number of carbonyl (C=O) groups is 2. The highest BCUT2D eigenvalue weighted by Gasteiger charge is 2.53. The molecule has 0 atom stereocenters. The minimum Gasteiger partial charge on any atom is -0.386 e. The second-order valence-electron chi connectivity index (χ2n) is 3.98. The lowest BCUT2D eigenvalue weighted by Crippen LogP contribution is -2.28. The van der Waals surface area contributed by atoms with Crippen LogP contribution < -0.4 is 0 Å². The molecule has 0 bridgehead atoms. The van der Waals surface area contributed by atoms with Gasteiger partial charge in [-0.05, 0) is 11.6 Å². The van der Waals surface area contributed by atoms with Gasteiger partial charge >= 0.3 is 24.3 Å². The molecule has 9 heteroatoms. The fraction of sp³-hybridized carbons (Fsp3) is 0.273. The average molecular weight is 298 g/mol. The average Bonchev–Trinajstić information content (AvgIpc) is 2.50. The number of halogens is 6. The topological polar surface area (TPSA) is 43.4 Å². The molecule has 0 unspecified atom stereocenters. The Morgan fingerprint density at radius 3 is 2.00 bits per heavy atom. The van der Waals surface area contributed by atoms with Gasteiger partial charge in [0.05, 0.1) is 11.1 Å². The van der Waals surface area contributed by atoms with Gasteiger partial charge in [0, 0.05) is 6.42 Å². The number of esters is 2. The standard InChI is InChI=1S/C11H4F6O3/c12-10(13,14)7(11(15,16)17)4-1-2-5-6(3-4)9(19)20-8(5)18/h1-2H,3H2. The molecule has 2 rings (SSSR count). The minimum atomic E-state index is -5.62. The van der Waals surface area contributed by atoms with Crippen LogP contribution in [0.15, 0.2) is 34.4 Å². The van der Waals surface area contributed by atoms with E-state index in [2.05, 4.69) is 4.74 Å². The van der Waals surface area contributed by atoms with Crippen molar-refractivity contribution in [2.45, 2.75) is 18.8 Å². The van der Waals surface area contributed by atoms with Gasteiger partial charge in [0.2, 0.25) is 0 Å². The zero-order valence-electron chi connectivity index (χ0n) is 9.35. The second kappa shape index (κ2) is 4.22. The highest BCUT2D eigenvalue weighted by Crippen LogP contribution is 2.44. The Morgan fingerprint density at radius 1 is 0.950 bits per heavy atom. The Labute approximate surface area is 107 Å². The molecule has 1 aliphatic heterocycles. The first kappa shape index (κ1) is 14.4. The van der Waals surface area contributed by atoms with E-state index < -0.39 is 47.4 Å². The molecule has 0 aromatic rings. The summed E-state index contributed by atoms with van der Waals surface area (Å²) >= 11 is 0. The second-order valence-corrected chi connectivity index (χ2v) is 3.98. The first-order chi connectivity index (χ1) is 9.01.